The van der Waals surface area contributed by atoms with Gasteiger partial charge in [-0.05, 0) is 61.9 Å². The zero-order valence-corrected chi connectivity index (χ0v) is 18.4. The largest absolute Gasteiger partial charge is 0.457 e. The highest BCUT2D eigenvalue weighted by molar-refractivity contribution is 5.93. The fraction of sp³-hybridized carbons (Fsp3) is 0.192. The minimum atomic E-state index is -0.524. The fourth-order valence-corrected chi connectivity index (χ4v) is 2.90. The predicted molar refractivity (Wildman–Crippen MR) is 126 cm³/mol. The molecule has 3 aromatic rings. The molecule has 0 aliphatic heterocycles. The molecule has 0 saturated carbocycles. The average Bonchev–Trinajstić information content (AvgIpc) is 2.81. The summed E-state index contributed by atoms with van der Waals surface area (Å²) in [4.78, 5) is 35.7. The van der Waals surface area contributed by atoms with Gasteiger partial charge in [-0.25, -0.2) is 0 Å². The Kier molecular flexibility index (Phi) is 8.59. The van der Waals surface area contributed by atoms with Crippen molar-refractivity contribution in [3.05, 3.63) is 84.4 Å². The number of hydrogen-bond acceptors (Lipinski definition) is 5. The van der Waals surface area contributed by atoms with E-state index in [0.29, 0.717) is 23.5 Å². The molecule has 0 aromatic heterocycles. The number of nitrogens with one attached hydrogen (secondary N) is 2. The van der Waals surface area contributed by atoms with Gasteiger partial charge < -0.3 is 20.1 Å². The lowest BCUT2D eigenvalue weighted by Crippen LogP contribution is -2.21. The van der Waals surface area contributed by atoms with Gasteiger partial charge in [0.05, 0.1) is 0 Å². The van der Waals surface area contributed by atoms with Gasteiger partial charge in [-0.2, -0.15) is 0 Å². The minimum Gasteiger partial charge on any atom is -0.457 e. The van der Waals surface area contributed by atoms with E-state index in [9.17, 15) is 14.4 Å². The van der Waals surface area contributed by atoms with Gasteiger partial charge in [0.25, 0.3) is 5.91 Å². The Balaban J connectivity index is 1.32. The van der Waals surface area contributed by atoms with Gasteiger partial charge in [0.1, 0.15) is 11.5 Å². The van der Waals surface area contributed by atoms with E-state index >= 15 is 0 Å². The van der Waals surface area contributed by atoms with Crippen LogP contribution in [0.1, 0.15) is 24.8 Å². The van der Waals surface area contributed by atoms with E-state index in [1.54, 1.807) is 48.5 Å². The first-order chi connectivity index (χ1) is 16.0. The van der Waals surface area contributed by atoms with Crippen molar-refractivity contribution in [2.24, 2.45) is 0 Å². The van der Waals surface area contributed by atoms with Crippen molar-refractivity contribution >= 4 is 29.2 Å². The van der Waals surface area contributed by atoms with E-state index in [1.807, 2.05) is 37.3 Å². The van der Waals surface area contributed by atoms with Gasteiger partial charge in [-0.1, -0.05) is 35.9 Å². The summed E-state index contributed by atoms with van der Waals surface area (Å²) < 4.78 is 10.7. The summed E-state index contributed by atoms with van der Waals surface area (Å²) in [6, 6.07) is 23.7. The molecule has 3 aromatic carbocycles. The Labute approximate surface area is 192 Å². The number of rotatable bonds is 10. The van der Waals surface area contributed by atoms with Gasteiger partial charge in [0, 0.05) is 24.2 Å². The molecule has 0 fully saturated rings. The molecule has 7 nitrogen and oxygen atoms in total. The van der Waals surface area contributed by atoms with Crippen molar-refractivity contribution in [2.75, 3.05) is 17.2 Å². The summed E-state index contributed by atoms with van der Waals surface area (Å²) in [5.41, 5.74) is 2.42. The Bertz CT molecular complexity index is 1060. The number of hydrogen-bond donors (Lipinski definition) is 2. The summed E-state index contributed by atoms with van der Waals surface area (Å²) in [5, 5.41) is 5.41. The van der Waals surface area contributed by atoms with Gasteiger partial charge in [0.15, 0.2) is 6.61 Å². The number of aryl methyl sites for hydroxylation is 1. The second kappa shape index (κ2) is 12.0. The van der Waals surface area contributed by atoms with Crippen molar-refractivity contribution < 1.29 is 23.9 Å². The smallest absolute Gasteiger partial charge is 0.306 e. The number of anilines is 2. The van der Waals surface area contributed by atoms with Gasteiger partial charge >= 0.3 is 5.97 Å². The summed E-state index contributed by atoms with van der Waals surface area (Å²) in [7, 11) is 0. The van der Waals surface area contributed by atoms with Crippen LogP contribution in [-0.4, -0.2) is 24.4 Å². The first-order valence-corrected chi connectivity index (χ1v) is 10.6. The molecule has 0 atom stereocenters. The monoisotopic (exact) mass is 446 g/mol. The Hall–Kier alpha value is -4.13. The van der Waals surface area contributed by atoms with Crippen molar-refractivity contribution in [2.45, 2.75) is 26.2 Å². The minimum absolute atomic E-state index is 0.0510. The third kappa shape index (κ3) is 8.49. The fourth-order valence-electron chi connectivity index (χ4n) is 2.90. The molecule has 0 unspecified atom stereocenters. The maximum Gasteiger partial charge on any atom is 0.306 e. The first-order valence-electron chi connectivity index (χ1n) is 10.6. The molecule has 2 amide bonds. The van der Waals surface area contributed by atoms with Gasteiger partial charge in [0.2, 0.25) is 5.91 Å². The molecule has 3 rings (SSSR count). The quantitative estimate of drug-likeness (QED) is 0.424. The van der Waals surface area contributed by atoms with Crippen LogP contribution in [0.3, 0.4) is 0 Å². The maximum absolute atomic E-state index is 12.1. The summed E-state index contributed by atoms with van der Waals surface area (Å²) in [6.07, 6.45) is 0.530. The molecule has 2 N–H and O–H groups in total. The SMILES string of the molecule is Cc1ccc(Oc2ccc(NC(=O)CCCC(=O)OCC(=O)Nc3ccccc3)cc2)cc1. The molecule has 0 spiro atoms. The van der Waals surface area contributed by atoms with Crippen LogP contribution in [0.4, 0.5) is 11.4 Å². The Morgan fingerprint density at radius 1 is 0.697 bits per heavy atom. The molecule has 33 heavy (non-hydrogen) atoms. The van der Waals surface area contributed by atoms with Gasteiger partial charge in [-0.3, -0.25) is 14.4 Å². The van der Waals surface area contributed by atoms with Crippen LogP contribution in [0, 0.1) is 6.92 Å². The topological polar surface area (TPSA) is 93.7 Å². The molecule has 170 valence electrons. The zero-order valence-electron chi connectivity index (χ0n) is 18.4. The summed E-state index contributed by atoms with van der Waals surface area (Å²) in [6.45, 7) is 1.65. The van der Waals surface area contributed by atoms with Crippen LogP contribution in [0.2, 0.25) is 0 Å². The molecule has 0 saturated heterocycles. The lowest BCUT2D eigenvalue weighted by Gasteiger charge is -2.09. The zero-order chi connectivity index (χ0) is 23.5. The van der Waals surface area contributed by atoms with Crippen molar-refractivity contribution in [3.63, 3.8) is 0 Å². The third-order valence-corrected chi connectivity index (χ3v) is 4.60. The molecule has 0 aliphatic rings. The lowest BCUT2D eigenvalue weighted by atomic mass is 10.2. The highest BCUT2D eigenvalue weighted by atomic mass is 16.5. The number of carbonyl (C=O) groups excluding carboxylic acids is 3. The molecular formula is C26H26N2O5. The van der Waals surface area contributed by atoms with E-state index in [2.05, 4.69) is 10.6 Å². The van der Waals surface area contributed by atoms with E-state index < -0.39 is 11.9 Å². The highest BCUT2D eigenvalue weighted by Gasteiger charge is 2.10. The van der Waals surface area contributed by atoms with E-state index in [4.69, 9.17) is 9.47 Å². The number of esters is 1. The van der Waals surface area contributed by atoms with E-state index in [0.717, 1.165) is 11.3 Å². The van der Waals surface area contributed by atoms with Crippen molar-refractivity contribution in [3.8, 4) is 11.5 Å². The predicted octanol–water partition coefficient (Wildman–Crippen LogP) is 5.08. The third-order valence-electron chi connectivity index (χ3n) is 4.60. The molecule has 0 aliphatic carbocycles. The number of benzene rings is 3. The Morgan fingerprint density at radius 2 is 1.27 bits per heavy atom. The lowest BCUT2D eigenvalue weighted by molar-refractivity contribution is -0.147. The van der Waals surface area contributed by atoms with Crippen LogP contribution in [0.5, 0.6) is 11.5 Å². The van der Waals surface area contributed by atoms with Crippen LogP contribution in [-0.2, 0) is 19.1 Å². The van der Waals surface area contributed by atoms with Crippen LogP contribution >= 0.6 is 0 Å². The normalized spacial score (nSPS) is 10.2. The second-order valence-electron chi connectivity index (χ2n) is 7.42. The number of ether oxygens (including phenoxy) is 2. The summed E-state index contributed by atoms with van der Waals surface area (Å²) in [5.74, 6) is 0.250. The van der Waals surface area contributed by atoms with Crippen molar-refractivity contribution in [1.82, 2.24) is 0 Å². The van der Waals surface area contributed by atoms with Crippen LogP contribution < -0.4 is 15.4 Å². The molecule has 0 heterocycles. The molecular weight excluding hydrogens is 420 g/mol. The summed E-state index contributed by atoms with van der Waals surface area (Å²) >= 11 is 0. The number of para-hydroxylation sites is 1. The Morgan fingerprint density at radius 3 is 1.94 bits per heavy atom. The number of carbonyl (C=O) groups is 3. The first kappa shape index (κ1) is 23.5. The van der Waals surface area contributed by atoms with Crippen LogP contribution in [0.25, 0.3) is 0 Å². The second-order valence-corrected chi connectivity index (χ2v) is 7.42. The number of amides is 2. The van der Waals surface area contributed by atoms with E-state index in [1.165, 1.54) is 0 Å². The standard InChI is InChI=1S/C26H26N2O5/c1-19-10-14-22(15-11-19)33-23-16-12-21(13-17-23)27-24(29)8-5-9-26(31)32-18-25(30)28-20-6-3-2-4-7-20/h2-4,6-7,10-17H,5,8-9,18H2,1H3,(H,27,29)(H,28,30). The van der Waals surface area contributed by atoms with Crippen LogP contribution in [0.15, 0.2) is 78.9 Å². The highest BCUT2D eigenvalue weighted by Crippen LogP contribution is 2.23. The van der Waals surface area contributed by atoms with E-state index in [-0.39, 0.29) is 25.4 Å². The molecule has 0 bridgehead atoms. The molecule has 7 heteroatoms. The maximum atomic E-state index is 12.1. The van der Waals surface area contributed by atoms with Gasteiger partial charge in [-0.15, -0.1) is 0 Å². The average molecular weight is 447 g/mol. The molecule has 0 radical (unpaired) electrons. The van der Waals surface area contributed by atoms with Crippen molar-refractivity contribution in [1.29, 1.82) is 0 Å².